The van der Waals surface area contributed by atoms with Gasteiger partial charge in [0.1, 0.15) is 0 Å². The van der Waals surface area contributed by atoms with E-state index in [1.807, 2.05) is 6.07 Å². The molecule has 0 spiro atoms. The molecule has 0 aromatic heterocycles. The van der Waals surface area contributed by atoms with Crippen LogP contribution in [0.15, 0.2) is 115 Å². The van der Waals surface area contributed by atoms with E-state index >= 15 is 0 Å². The molecule has 0 bridgehead atoms. The van der Waals surface area contributed by atoms with Gasteiger partial charge in [0, 0.05) is 0 Å². The zero-order valence-corrected chi connectivity index (χ0v) is 36.1. The van der Waals surface area contributed by atoms with Crippen molar-refractivity contribution in [2.45, 2.75) is 59.0 Å². The number of halogens is 2. The summed E-state index contributed by atoms with van der Waals surface area (Å²) in [5, 5.41) is 8.75. The Hall–Kier alpha value is -2.18. The maximum Gasteiger partial charge on any atom is 0.0920 e. The van der Waals surface area contributed by atoms with Gasteiger partial charge in [-0.25, -0.2) is 0 Å². The molecule has 6 aromatic carbocycles. The molecule has 1 aliphatic rings. The summed E-state index contributed by atoms with van der Waals surface area (Å²) in [5.74, 6) is 0. The van der Waals surface area contributed by atoms with E-state index in [9.17, 15) is 0 Å². The topological polar surface area (TPSA) is 0 Å². The fourth-order valence-corrected chi connectivity index (χ4v) is 10.1. The van der Waals surface area contributed by atoms with Crippen LogP contribution >= 0.6 is 17.0 Å². The van der Waals surface area contributed by atoms with Crippen molar-refractivity contribution in [3.05, 3.63) is 127 Å². The predicted octanol–water partition coefficient (Wildman–Crippen LogP) is 10.4. The average molecular weight is 795 g/mol. The Balaban J connectivity index is 0.000000231. The van der Waals surface area contributed by atoms with Gasteiger partial charge in [0.15, 0.2) is 0 Å². The molecule has 2 radical (unpaired) electrons. The van der Waals surface area contributed by atoms with E-state index in [1.165, 1.54) is 66.5 Å². The van der Waals surface area contributed by atoms with E-state index in [0.29, 0.717) is 0 Å². The minimum atomic E-state index is -1.46. The van der Waals surface area contributed by atoms with Crippen LogP contribution in [-0.4, -0.2) is 25.7 Å². The SMILES string of the molecule is CCCc1cc2c(-c3cc([Si](C)(C)C)cc([Si](C)(C)C)c3)c(-c3ccccc3)ccc2[cH-]1.[Cl][Zr+2][Cl].[c-]1cccc2c1[Si]c1ccccc1-2. The van der Waals surface area contributed by atoms with Crippen LogP contribution in [0.1, 0.15) is 18.9 Å². The molecule has 7 rings (SSSR count). The number of rotatable bonds is 6. The first-order valence-electron chi connectivity index (χ1n) is 16.7. The number of hydrogen-bond acceptors (Lipinski definition) is 0. The molecule has 0 N–H and O–H groups in total. The zero-order valence-electron chi connectivity index (χ0n) is 29.1. The maximum absolute atomic E-state index is 4.93. The monoisotopic (exact) mass is 792 g/mol. The van der Waals surface area contributed by atoms with Crippen LogP contribution in [0.5, 0.6) is 0 Å². The standard InChI is InChI=1S/C30H37Si2.C12H7Si.2ClH.Zr/c1-8-12-22-17-24-15-16-28(23-13-10-9-11-14-23)30(29(24)18-22)25-19-26(31(2,3)4)21-27(20-25)32(5,6)7;1-3-7-11-9(5-1)10-6-2-4-8-12(10)13-11;;;/h9-11,13-21H,8,12H2,1-7H3;1-7H;2*1H;/q2*-1;;;+4/p-2. The third-order valence-corrected chi connectivity index (χ3v) is 14.3. The summed E-state index contributed by atoms with van der Waals surface area (Å²) in [6.07, 6.45) is 2.33. The molecule has 6 heteroatoms. The zero-order chi connectivity index (χ0) is 34.5. The molecule has 0 nitrogen and oxygen atoms in total. The first-order valence-corrected chi connectivity index (χ1v) is 31.0. The van der Waals surface area contributed by atoms with Crippen molar-refractivity contribution in [2.24, 2.45) is 0 Å². The van der Waals surface area contributed by atoms with Crippen molar-refractivity contribution < 1.29 is 20.8 Å². The van der Waals surface area contributed by atoms with Gasteiger partial charge in [-0.2, -0.15) is 35.5 Å². The Morgan fingerprint density at radius 1 is 0.688 bits per heavy atom. The normalized spacial score (nSPS) is 11.9. The summed E-state index contributed by atoms with van der Waals surface area (Å²) in [4.78, 5) is 0. The van der Waals surface area contributed by atoms with Gasteiger partial charge in [0.25, 0.3) is 0 Å². The molecule has 242 valence electrons. The Morgan fingerprint density at radius 2 is 1.31 bits per heavy atom. The Bertz CT molecular complexity index is 1910. The summed E-state index contributed by atoms with van der Waals surface area (Å²) >= 11 is -0.826. The fourth-order valence-electron chi connectivity index (χ4n) is 6.31. The number of fused-ring (bicyclic) bond motifs is 4. The molecule has 0 saturated heterocycles. The minimum Gasteiger partial charge on any atom is -0.184 e. The van der Waals surface area contributed by atoms with Gasteiger partial charge in [0.2, 0.25) is 0 Å². The smallest absolute Gasteiger partial charge is 0.0920 e. The van der Waals surface area contributed by atoms with Crippen LogP contribution in [0.3, 0.4) is 0 Å². The summed E-state index contributed by atoms with van der Waals surface area (Å²) in [7, 11) is 7.75. The van der Waals surface area contributed by atoms with E-state index in [1.54, 1.807) is 10.4 Å². The third-order valence-electron chi connectivity index (χ3n) is 8.86. The van der Waals surface area contributed by atoms with E-state index in [2.05, 4.69) is 161 Å². The Kier molecular flexibility index (Phi) is 12.5. The second-order valence-electron chi connectivity index (χ2n) is 14.5. The molecular formula is C42H44Cl2Si3Zr. The van der Waals surface area contributed by atoms with Crippen LogP contribution in [0.4, 0.5) is 0 Å². The molecular weight excluding hydrogens is 751 g/mol. The Morgan fingerprint density at radius 3 is 1.96 bits per heavy atom. The molecule has 0 unspecified atom stereocenters. The molecule has 6 aromatic rings. The second-order valence-corrected chi connectivity index (χ2v) is 29.6. The van der Waals surface area contributed by atoms with Gasteiger partial charge in [0.05, 0.1) is 25.7 Å². The fraction of sp³-hybridized carbons (Fsp3) is 0.214. The van der Waals surface area contributed by atoms with Crippen molar-refractivity contribution in [2.75, 3.05) is 0 Å². The van der Waals surface area contributed by atoms with E-state index < -0.39 is 37.0 Å². The molecule has 1 heterocycles. The van der Waals surface area contributed by atoms with Gasteiger partial charge < -0.3 is 0 Å². The molecule has 0 fully saturated rings. The third kappa shape index (κ3) is 8.75. The molecule has 1 aliphatic heterocycles. The van der Waals surface area contributed by atoms with Crippen molar-refractivity contribution in [1.29, 1.82) is 0 Å². The average Bonchev–Trinajstić information content (AvgIpc) is 3.65. The van der Waals surface area contributed by atoms with Crippen LogP contribution < -0.4 is 20.7 Å². The number of aryl methyl sites for hydroxylation is 1. The number of hydrogen-bond donors (Lipinski definition) is 0. The largest absolute Gasteiger partial charge is 0.184 e. The van der Waals surface area contributed by atoms with Crippen LogP contribution in [0.25, 0.3) is 44.2 Å². The van der Waals surface area contributed by atoms with E-state index in [-0.39, 0.29) is 0 Å². The summed E-state index contributed by atoms with van der Waals surface area (Å²) in [6.45, 7) is 17.1. The maximum atomic E-state index is 4.93. The van der Waals surface area contributed by atoms with Crippen LogP contribution in [-0.2, 0) is 27.3 Å². The van der Waals surface area contributed by atoms with E-state index in [4.69, 9.17) is 17.0 Å². The van der Waals surface area contributed by atoms with Crippen LogP contribution in [0.2, 0.25) is 39.3 Å². The second kappa shape index (κ2) is 16.2. The van der Waals surface area contributed by atoms with E-state index in [0.717, 1.165) is 15.9 Å². The van der Waals surface area contributed by atoms with Crippen molar-refractivity contribution in [3.63, 3.8) is 0 Å². The summed E-state index contributed by atoms with van der Waals surface area (Å²) in [6, 6.07) is 46.2. The molecule has 0 aliphatic carbocycles. The van der Waals surface area contributed by atoms with Crippen molar-refractivity contribution in [3.8, 4) is 33.4 Å². The quantitative estimate of drug-likeness (QED) is 0.116. The first kappa shape index (κ1) is 37.1. The first-order chi connectivity index (χ1) is 22.9. The van der Waals surface area contributed by atoms with Gasteiger partial charge in [-0.05, 0) is 23.1 Å². The van der Waals surface area contributed by atoms with Crippen molar-refractivity contribution >= 4 is 74.2 Å². The van der Waals surface area contributed by atoms with Gasteiger partial charge >= 0.3 is 37.9 Å². The Labute approximate surface area is 311 Å². The predicted molar refractivity (Wildman–Crippen MR) is 218 cm³/mol. The summed E-state index contributed by atoms with van der Waals surface area (Å²) in [5.41, 5.74) is 9.69. The van der Waals surface area contributed by atoms with Gasteiger partial charge in [-0.3, -0.25) is 0 Å². The molecule has 0 atom stereocenters. The van der Waals surface area contributed by atoms with Gasteiger partial charge in [-0.1, -0.05) is 158 Å². The molecule has 0 saturated carbocycles. The van der Waals surface area contributed by atoms with Gasteiger partial charge in [-0.15, -0.1) is 34.0 Å². The number of benzene rings is 5. The molecule has 0 amide bonds. The minimum absolute atomic E-state index is 0.795. The van der Waals surface area contributed by atoms with Crippen LogP contribution in [0, 0.1) is 6.07 Å². The van der Waals surface area contributed by atoms with Crippen molar-refractivity contribution in [1.82, 2.24) is 0 Å². The molecule has 48 heavy (non-hydrogen) atoms. The summed E-state index contributed by atoms with van der Waals surface area (Å²) < 4.78 is 0.